The second-order valence-electron chi connectivity index (χ2n) is 5.48. The Bertz CT molecular complexity index is 863. The van der Waals surface area contributed by atoms with Crippen LogP contribution in [0.15, 0.2) is 47.2 Å². The molecule has 1 heterocycles. The molecule has 0 aliphatic heterocycles. The molecule has 0 aliphatic rings. The Morgan fingerprint density at radius 3 is 2.00 bits per heavy atom. The Balaban J connectivity index is 2.16. The Hall–Kier alpha value is -2.47. The van der Waals surface area contributed by atoms with E-state index in [-0.39, 0.29) is 0 Å². The minimum atomic E-state index is 0.705. The summed E-state index contributed by atoms with van der Waals surface area (Å²) in [7, 11) is 6.89. The minimum absolute atomic E-state index is 0.705. The topological polar surface area (TPSA) is 45.5 Å². The maximum absolute atomic E-state index is 5.47. The van der Waals surface area contributed by atoms with Crippen LogP contribution in [0.4, 0.5) is 0 Å². The predicted octanol–water partition coefficient (Wildman–Crippen LogP) is 4.54. The van der Waals surface area contributed by atoms with Gasteiger partial charge in [-0.3, -0.25) is 0 Å². The van der Waals surface area contributed by atoms with Crippen LogP contribution in [0, 0.1) is 0 Å². The molecule has 6 heteroatoms. The van der Waals surface area contributed by atoms with Gasteiger partial charge < -0.3 is 18.8 Å². The lowest BCUT2D eigenvalue weighted by atomic mass is 10.0. The molecule has 0 aliphatic carbocycles. The van der Waals surface area contributed by atoms with E-state index < -0.39 is 0 Å². The van der Waals surface area contributed by atoms with Gasteiger partial charge in [0.15, 0.2) is 0 Å². The van der Waals surface area contributed by atoms with Crippen molar-refractivity contribution in [2.75, 3.05) is 21.3 Å². The molecule has 1 aromatic heterocycles. The fraction of sp³-hybridized carbons (Fsp3) is 0.211. The quantitative estimate of drug-likeness (QED) is 0.628. The second kappa shape index (κ2) is 7.19. The van der Waals surface area contributed by atoms with E-state index in [1.807, 2.05) is 48.0 Å². The zero-order valence-electron chi connectivity index (χ0n) is 14.5. The number of aromatic nitrogens is 2. The van der Waals surface area contributed by atoms with Gasteiger partial charge in [0.05, 0.1) is 39.0 Å². The number of imidazole rings is 1. The monoisotopic (exact) mass is 402 g/mol. The van der Waals surface area contributed by atoms with E-state index in [0.717, 1.165) is 32.7 Å². The van der Waals surface area contributed by atoms with E-state index in [0.29, 0.717) is 11.5 Å². The van der Waals surface area contributed by atoms with Crippen LogP contribution in [0.5, 0.6) is 17.2 Å². The van der Waals surface area contributed by atoms with Crippen LogP contribution in [0.25, 0.3) is 22.5 Å². The number of benzene rings is 2. The van der Waals surface area contributed by atoms with Crippen molar-refractivity contribution in [3.05, 3.63) is 47.2 Å². The first-order valence-electron chi connectivity index (χ1n) is 7.66. The average Bonchev–Trinajstić information content (AvgIpc) is 3.03. The zero-order chi connectivity index (χ0) is 18.0. The summed E-state index contributed by atoms with van der Waals surface area (Å²) in [5.41, 5.74) is 3.84. The van der Waals surface area contributed by atoms with E-state index in [1.165, 1.54) is 0 Å². The molecule has 0 radical (unpaired) electrons. The Kier molecular flexibility index (Phi) is 4.99. The highest BCUT2D eigenvalue weighted by Crippen LogP contribution is 2.41. The predicted molar refractivity (Wildman–Crippen MR) is 101 cm³/mol. The van der Waals surface area contributed by atoms with Crippen molar-refractivity contribution >= 4 is 15.9 Å². The first-order chi connectivity index (χ1) is 12.1. The molecule has 130 valence electrons. The van der Waals surface area contributed by atoms with Crippen molar-refractivity contribution < 1.29 is 14.2 Å². The van der Waals surface area contributed by atoms with Gasteiger partial charge in [0.1, 0.15) is 21.7 Å². The van der Waals surface area contributed by atoms with Crippen molar-refractivity contribution in [2.24, 2.45) is 7.05 Å². The fourth-order valence-electron chi connectivity index (χ4n) is 2.74. The van der Waals surface area contributed by atoms with Crippen molar-refractivity contribution in [3.8, 4) is 39.8 Å². The van der Waals surface area contributed by atoms with Gasteiger partial charge in [0.25, 0.3) is 0 Å². The number of aryl methyl sites for hydroxylation is 1. The molecule has 5 nitrogen and oxygen atoms in total. The molecule has 0 bridgehead atoms. The van der Waals surface area contributed by atoms with Crippen molar-refractivity contribution in [1.82, 2.24) is 9.55 Å². The number of rotatable bonds is 5. The van der Waals surface area contributed by atoms with E-state index in [1.54, 1.807) is 27.7 Å². The van der Waals surface area contributed by atoms with Gasteiger partial charge in [0, 0.05) is 18.2 Å². The van der Waals surface area contributed by atoms with Crippen LogP contribution >= 0.6 is 15.9 Å². The molecule has 3 rings (SSSR count). The zero-order valence-corrected chi connectivity index (χ0v) is 16.1. The van der Waals surface area contributed by atoms with Gasteiger partial charge in [-0.15, -0.1) is 0 Å². The van der Waals surface area contributed by atoms with Gasteiger partial charge in [-0.1, -0.05) is 0 Å². The summed E-state index contributed by atoms with van der Waals surface area (Å²) in [5, 5.41) is 0. The van der Waals surface area contributed by atoms with Gasteiger partial charge in [-0.25, -0.2) is 4.98 Å². The van der Waals surface area contributed by atoms with E-state index in [2.05, 4.69) is 20.9 Å². The normalized spacial score (nSPS) is 10.6. The molecule has 2 aromatic carbocycles. The van der Waals surface area contributed by atoms with Crippen molar-refractivity contribution in [1.29, 1.82) is 0 Å². The minimum Gasteiger partial charge on any atom is -0.497 e. The van der Waals surface area contributed by atoms with Crippen LogP contribution in [0.3, 0.4) is 0 Å². The third-order valence-corrected chi connectivity index (χ3v) is 4.80. The first kappa shape index (κ1) is 17.4. The number of ether oxygens (including phenoxy) is 3. The third kappa shape index (κ3) is 3.22. The lowest BCUT2D eigenvalue weighted by molar-refractivity contribution is 0.390. The maximum Gasteiger partial charge on any atom is 0.137 e. The summed E-state index contributed by atoms with van der Waals surface area (Å²) in [6, 6.07) is 11.8. The van der Waals surface area contributed by atoms with E-state index in [4.69, 9.17) is 14.2 Å². The highest BCUT2D eigenvalue weighted by atomic mass is 79.9. The molecule has 0 atom stereocenters. The largest absolute Gasteiger partial charge is 0.497 e. The fourth-order valence-corrected chi connectivity index (χ4v) is 3.29. The molecule has 0 saturated carbocycles. The lowest BCUT2D eigenvalue weighted by Crippen LogP contribution is -1.96. The summed E-state index contributed by atoms with van der Waals surface area (Å²) < 4.78 is 18.9. The molecule has 25 heavy (non-hydrogen) atoms. The Labute approximate surface area is 155 Å². The van der Waals surface area contributed by atoms with Gasteiger partial charge in [-0.2, -0.15) is 0 Å². The van der Waals surface area contributed by atoms with E-state index >= 15 is 0 Å². The van der Waals surface area contributed by atoms with Crippen LogP contribution in [-0.4, -0.2) is 30.9 Å². The molecule has 3 aromatic rings. The number of methoxy groups -OCH3 is 3. The summed E-state index contributed by atoms with van der Waals surface area (Å²) in [6.45, 7) is 0. The number of hydrogen-bond donors (Lipinski definition) is 0. The third-order valence-electron chi connectivity index (χ3n) is 4.02. The van der Waals surface area contributed by atoms with Crippen molar-refractivity contribution in [2.45, 2.75) is 0 Å². The Morgan fingerprint density at radius 1 is 0.880 bits per heavy atom. The molecule has 0 amide bonds. The summed E-state index contributed by atoms with van der Waals surface area (Å²) in [6.07, 6.45) is 1.80. The molecule has 0 unspecified atom stereocenters. The molecule has 0 spiro atoms. The summed E-state index contributed by atoms with van der Waals surface area (Å²) >= 11 is 3.51. The highest BCUT2D eigenvalue weighted by Gasteiger charge is 2.18. The average molecular weight is 403 g/mol. The molecule has 0 N–H and O–H groups in total. The standard InChI is InChI=1S/C19H19BrN2O3/c1-22-11-21-18(12-5-7-14(23-2)8-6-12)19(22)13-9-15(24-3)17(20)16(10-13)25-4/h5-11H,1-4H3. The Morgan fingerprint density at radius 2 is 1.48 bits per heavy atom. The molecular weight excluding hydrogens is 384 g/mol. The maximum atomic E-state index is 5.47. The summed E-state index contributed by atoms with van der Waals surface area (Å²) in [4.78, 5) is 4.58. The number of nitrogens with zero attached hydrogens (tertiary/aromatic N) is 2. The highest BCUT2D eigenvalue weighted by molar-refractivity contribution is 9.10. The van der Waals surface area contributed by atoms with Gasteiger partial charge in [-0.05, 0) is 52.3 Å². The van der Waals surface area contributed by atoms with E-state index in [9.17, 15) is 0 Å². The first-order valence-corrected chi connectivity index (χ1v) is 8.46. The molecule has 0 fully saturated rings. The molecular formula is C19H19BrN2O3. The number of hydrogen-bond acceptors (Lipinski definition) is 4. The van der Waals surface area contributed by atoms with Crippen molar-refractivity contribution in [3.63, 3.8) is 0 Å². The smallest absolute Gasteiger partial charge is 0.137 e. The second-order valence-corrected chi connectivity index (χ2v) is 6.27. The van der Waals surface area contributed by atoms with Crippen LogP contribution in [-0.2, 0) is 7.05 Å². The molecule has 0 saturated heterocycles. The van der Waals surface area contributed by atoms with Crippen LogP contribution in [0.1, 0.15) is 0 Å². The summed E-state index contributed by atoms with van der Waals surface area (Å²) in [5.74, 6) is 2.22. The number of halogens is 1. The van der Waals surface area contributed by atoms with Gasteiger partial charge in [0.2, 0.25) is 0 Å². The van der Waals surface area contributed by atoms with Crippen LogP contribution < -0.4 is 14.2 Å². The van der Waals surface area contributed by atoms with Gasteiger partial charge >= 0.3 is 0 Å². The lowest BCUT2D eigenvalue weighted by Gasteiger charge is -2.13. The van der Waals surface area contributed by atoms with Crippen LogP contribution in [0.2, 0.25) is 0 Å². The SMILES string of the molecule is COc1ccc(-c2ncn(C)c2-c2cc(OC)c(Br)c(OC)c2)cc1.